The molecule has 3 N–H and O–H groups in total. The van der Waals surface area contributed by atoms with Crippen LogP contribution in [0.15, 0.2) is 16.6 Å². The third kappa shape index (κ3) is 5.05. The molecule has 0 bridgehead atoms. The molecule has 220 valence electrons. The third-order valence-corrected chi connectivity index (χ3v) is 12.1. The number of cyclic esters (lactones) is 1. The van der Waals surface area contributed by atoms with Crippen LogP contribution < -0.4 is 0 Å². The van der Waals surface area contributed by atoms with Crippen LogP contribution >= 0.6 is 0 Å². The number of esters is 1. The molecule has 1 aliphatic heterocycles. The zero-order valence-electron chi connectivity index (χ0n) is 24.5. The van der Waals surface area contributed by atoms with E-state index in [1.165, 1.54) is 44.9 Å². The summed E-state index contributed by atoms with van der Waals surface area (Å²) in [6, 6.07) is 0. The molecule has 0 radical (unpaired) electrons. The van der Waals surface area contributed by atoms with Gasteiger partial charge in [-0.2, -0.15) is 0 Å². The maximum absolute atomic E-state index is 12.5. The Kier molecular flexibility index (Phi) is 8.68. The van der Waals surface area contributed by atoms with Gasteiger partial charge in [0.2, 0.25) is 0 Å². The first-order chi connectivity index (χ1) is 18.7. The second-order valence-corrected chi connectivity index (χ2v) is 14.0. The lowest BCUT2D eigenvalue weighted by Gasteiger charge is -2.65. The minimum absolute atomic E-state index is 0.0879. The van der Waals surface area contributed by atoms with Gasteiger partial charge < -0.3 is 20.1 Å². The molecular weight excluding hydrogens is 490 g/mol. The summed E-state index contributed by atoms with van der Waals surface area (Å²) in [5.41, 5.74) is -1.54. The van der Waals surface area contributed by atoms with E-state index in [1.54, 1.807) is 6.08 Å². The van der Waals surface area contributed by atoms with E-state index in [0.29, 0.717) is 25.9 Å². The highest BCUT2D eigenvalue weighted by molar-refractivity contribution is 5.85. The highest BCUT2D eigenvalue weighted by Gasteiger charge is 2.71. The number of carbonyl (C=O) groups is 1. The molecule has 5 aliphatic rings. The van der Waals surface area contributed by atoms with E-state index in [1.807, 2.05) is 0 Å². The summed E-state index contributed by atoms with van der Waals surface area (Å²) in [6.45, 7) is 5.64. The highest BCUT2D eigenvalue weighted by atomic mass is 16.5. The molecule has 1 heterocycles. The second-order valence-electron chi connectivity index (χ2n) is 14.0. The first kappa shape index (κ1) is 29.3. The first-order valence-electron chi connectivity index (χ1n) is 16.2. The van der Waals surface area contributed by atoms with E-state index in [4.69, 9.17) is 9.73 Å². The number of hydrogen-bond donors (Lipinski definition) is 3. The lowest BCUT2D eigenvalue weighted by atomic mass is 9.41. The van der Waals surface area contributed by atoms with E-state index in [0.717, 1.165) is 57.1 Å². The molecule has 4 saturated carbocycles. The topological polar surface area (TPSA) is 99.4 Å². The molecule has 4 aliphatic carbocycles. The van der Waals surface area contributed by atoms with Crippen molar-refractivity contribution in [3.8, 4) is 0 Å². The Morgan fingerprint density at radius 3 is 2.38 bits per heavy atom. The van der Waals surface area contributed by atoms with Crippen LogP contribution in [0.5, 0.6) is 0 Å². The van der Waals surface area contributed by atoms with Gasteiger partial charge in [-0.1, -0.05) is 58.8 Å². The number of ether oxygens (including phenoxy) is 1. The van der Waals surface area contributed by atoms with Crippen molar-refractivity contribution in [2.24, 2.45) is 33.6 Å². The maximum Gasteiger partial charge on any atom is 0.331 e. The average Bonchev–Trinajstić information content (AvgIpc) is 3.45. The van der Waals surface area contributed by atoms with E-state index >= 15 is 0 Å². The van der Waals surface area contributed by atoms with Gasteiger partial charge in [-0.3, -0.25) is 4.99 Å². The number of carbonyl (C=O) groups excluding carboxylic acids is 1. The summed E-state index contributed by atoms with van der Waals surface area (Å²) in [7, 11) is 0. The van der Waals surface area contributed by atoms with Gasteiger partial charge in [0.15, 0.2) is 0 Å². The molecule has 0 aromatic carbocycles. The number of nitrogens with zero attached hydrogens (tertiary/aromatic N) is 1. The number of rotatable bonds is 11. The lowest BCUT2D eigenvalue weighted by molar-refractivity contribution is -0.237. The number of aliphatic imine (C=N–C) groups is 1. The Balaban J connectivity index is 1.31. The molecule has 8 atom stereocenters. The molecule has 6 nitrogen and oxygen atoms in total. The minimum Gasteiger partial charge on any atom is -0.458 e. The zero-order chi connectivity index (χ0) is 27.7. The van der Waals surface area contributed by atoms with Gasteiger partial charge in [0.1, 0.15) is 6.61 Å². The van der Waals surface area contributed by atoms with Crippen molar-refractivity contribution in [2.45, 2.75) is 140 Å². The molecule has 6 heteroatoms. The van der Waals surface area contributed by atoms with E-state index in [-0.39, 0.29) is 29.1 Å². The number of hydrogen-bond acceptors (Lipinski definition) is 6. The zero-order valence-corrected chi connectivity index (χ0v) is 24.5. The smallest absolute Gasteiger partial charge is 0.331 e. The first-order valence-corrected chi connectivity index (χ1v) is 16.2. The Morgan fingerprint density at radius 2 is 1.67 bits per heavy atom. The molecule has 0 aromatic heterocycles. The van der Waals surface area contributed by atoms with Gasteiger partial charge >= 0.3 is 5.97 Å². The van der Waals surface area contributed by atoms with Crippen molar-refractivity contribution in [3.63, 3.8) is 0 Å². The average molecular weight is 544 g/mol. The van der Waals surface area contributed by atoms with Crippen LogP contribution in [0.2, 0.25) is 0 Å². The molecule has 0 amide bonds. The number of unbranched alkanes of at least 4 members (excludes halogenated alkanes) is 7. The Morgan fingerprint density at radius 1 is 0.949 bits per heavy atom. The number of aliphatic hydroxyl groups excluding tert-OH is 1. The lowest BCUT2D eigenvalue weighted by Crippen LogP contribution is -2.68. The molecule has 0 spiro atoms. The summed E-state index contributed by atoms with van der Waals surface area (Å²) in [5, 5.41) is 35.3. The molecule has 4 fully saturated rings. The van der Waals surface area contributed by atoms with E-state index < -0.39 is 22.7 Å². The summed E-state index contributed by atoms with van der Waals surface area (Å²) in [6.07, 6.45) is 20.1. The Bertz CT molecular complexity index is 948. The Hall–Kier alpha value is -1.24. The van der Waals surface area contributed by atoms with E-state index in [2.05, 4.69) is 20.1 Å². The quantitative estimate of drug-likeness (QED) is 0.171. The molecule has 0 aromatic rings. The monoisotopic (exact) mass is 543 g/mol. The van der Waals surface area contributed by atoms with Crippen LogP contribution in [-0.4, -0.2) is 58.0 Å². The summed E-state index contributed by atoms with van der Waals surface area (Å²) >= 11 is 0. The fourth-order valence-corrected chi connectivity index (χ4v) is 9.93. The van der Waals surface area contributed by atoms with Crippen molar-refractivity contribution in [3.05, 3.63) is 11.6 Å². The fourth-order valence-electron chi connectivity index (χ4n) is 9.93. The van der Waals surface area contributed by atoms with Crippen molar-refractivity contribution >= 4 is 12.2 Å². The summed E-state index contributed by atoms with van der Waals surface area (Å²) < 4.78 is 5.27. The minimum atomic E-state index is -0.967. The summed E-state index contributed by atoms with van der Waals surface area (Å²) in [4.78, 5) is 16.8. The standard InChI is InChI=1S/C33H53NO5/c1-3-4-5-6-7-8-9-10-19-34-23-31-16-11-25(35)21-32(31,37)17-13-28-27(31)12-15-30(2)26(14-18-33(28,30)38)24-20-29(36)39-22-24/h20,23,25-28,35,37-38H,3-19,21-22H2,1-2H3/t25?,26-,27-,28?,30?,31-,32?,33?/m0/s1. The van der Waals surface area contributed by atoms with Crippen molar-refractivity contribution in [2.75, 3.05) is 13.2 Å². The summed E-state index contributed by atoms with van der Waals surface area (Å²) in [5.74, 6) is 0.145. The number of aliphatic hydroxyl groups is 3. The van der Waals surface area contributed by atoms with Crippen LogP contribution in [-0.2, 0) is 9.53 Å². The second kappa shape index (κ2) is 11.6. The predicted octanol–water partition coefficient (Wildman–Crippen LogP) is 5.91. The molecule has 5 unspecified atom stereocenters. The molecule has 39 heavy (non-hydrogen) atoms. The van der Waals surface area contributed by atoms with Crippen LogP contribution in [0.3, 0.4) is 0 Å². The maximum atomic E-state index is 12.5. The normalized spacial score (nSPS) is 43.6. The molecular formula is C33H53NO5. The molecule has 0 saturated heterocycles. The van der Waals surface area contributed by atoms with Crippen LogP contribution in [0.1, 0.15) is 123 Å². The van der Waals surface area contributed by atoms with Crippen LogP contribution in [0, 0.1) is 28.6 Å². The van der Waals surface area contributed by atoms with Gasteiger partial charge in [-0.25, -0.2) is 4.79 Å². The van der Waals surface area contributed by atoms with E-state index in [9.17, 15) is 20.1 Å². The Labute approximate surface area is 235 Å². The highest BCUT2D eigenvalue weighted by Crippen LogP contribution is 2.70. The van der Waals surface area contributed by atoms with Crippen molar-refractivity contribution < 1.29 is 24.9 Å². The third-order valence-electron chi connectivity index (χ3n) is 12.1. The van der Waals surface area contributed by atoms with Gasteiger partial charge in [0, 0.05) is 36.1 Å². The predicted molar refractivity (Wildman–Crippen MR) is 153 cm³/mol. The SMILES string of the molecule is CCCCCCCCCCN=C[C@]12CCC(O)CC1(O)CCC1[C@@H]2CCC2(C)[C@H](C3=CC(=O)OC3)CCC12O. The van der Waals surface area contributed by atoms with Crippen molar-refractivity contribution in [1.82, 2.24) is 0 Å². The van der Waals surface area contributed by atoms with Gasteiger partial charge in [-0.15, -0.1) is 0 Å². The van der Waals surface area contributed by atoms with Gasteiger partial charge in [0.05, 0.1) is 17.3 Å². The van der Waals surface area contributed by atoms with Gasteiger partial charge in [-0.05, 0) is 81.1 Å². The largest absolute Gasteiger partial charge is 0.458 e. The number of fused-ring (bicyclic) bond motifs is 5. The van der Waals surface area contributed by atoms with Gasteiger partial charge in [0.25, 0.3) is 0 Å². The fraction of sp³-hybridized carbons (Fsp3) is 0.879. The molecule has 5 rings (SSSR count). The van der Waals surface area contributed by atoms with Crippen molar-refractivity contribution in [1.29, 1.82) is 0 Å². The van der Waals surface area contributed by atoms with Crippen LogP contribution in [0.25, 0.3) is 0 Å². The van der Waals surface area contributed by atoms with Crippen LogP contribution in [0.4, 0.5) is 0 Å².